The third-order valence-electron chi connectivity index (χ3n) is 9.94. The summed E-state index contributed by atoms with van der Waals surface area (Å²) < 4.78 is 0. The fraction of sp³-hybridized carbons (Fsp3) is 0.243. The van der Waals surface area contributed by atoms with Gasteiger partial charge < -0.3 is 4.90 Å². The van der Waals surface area contributed by atoms with Gasteiger partial charge in [-0.15, -0.1) is 0 Å². The SMILES string of the molecule is CC1(C)c2ccc(-c3cc(N(c4ccccc4)c4ccccc4)cc4ccccc34)cc2C(C)(C)C1(C)C. The maximum absolute atomic E-state index is 2.48. The summed E-state index contributed by atoms with van der Waals surface area (Å²) in [4.78, 5) is 2.36. The van der Waals surface area contributed by atoms with Crippen LogP contribution < -0.4 is 4.90 Å². The summed E-state index contributed by atoms with van der Waals surface area (Å²) in [5.74, 6) is 0. The standard InChI is InChI=1S/C37H37N/c1-35(2)33-22-21-27(24-34(33)36(3,4)37(35,5)6)32-25-30(23-26-15-13-14-20-31(26)32)38(28-16-9-7-10-17-28)29-18-11-8-12-19-29/h7-25H,1-6H3. The molecular formula is C37H37N. The van der Waals surface area contributed by atoms with E-state index >= 15 is 0 Å². The highest BCUT2D eigenvalue weighted by atomic mass is 15.1. The monoisotopic (exact) mass is 495 g/mol. The van der Waals surface area contributed by atoms with Gasteiger partial charge >= 0.3 is 0 Å². The summed E-state index contributed by atoms with van der Waals surface area (Å²) in [5.41, 5.74) is 9.28. The molecule has 0 saturated heterocycles. The summed E-state index contributed by atoms with van der Waals surface area (Å²) in [6.07, 6.45) is 0. The van der Waals surface area contributed by atoms with Gasteiger partial charge in [-0.05, 0) is 85.7 Å². The summed E-state index contributed by atoms with van der Waals surface area (Å²) in [5, 5.41) is 2.53. The molecule has 0 aliphatic heterocycles. The van der Waals surface area contributed by atoms with Gasteiger partial charge in [-0.2, -0.15) is 0 Å². The Labute approximate surface area is 227 Å². The molecule has 0 saturated carbocycles. The van der Waals surface area contributed by atoms with Crippen LogP contribution in [0.25, 0.3) is 21.9 Å². The topological polar surface area (TPSA) is 3.24 Å². The van der Waals surface area contributed by atoms with E-state index in [0.717, 1.165) is 17.1 Å². The highest BCUT2D eigenvalue weighted by molar-refractivity contribution is 6.01. The molecule has 6 rings (SSSR count). The van der Waals surface area contributed by atoms with Crippen molar-refractivity contribution < 1.29 is 0 Å². The lowest BCUT2D eigenvalue weighted by Gasteiger charge is -2.44. The van der Waals surface area contributed by atoms with Crippen LogP contribution in [0.2, 0.25) is 0 Å². The van der Waals surface area contributed by atoms with Crippen LogP contribution in [0.3, 0.4) is 0 Å². The number of hydrogen-bond donors (Lipinski definition) is 0. The molecule has 0 atom stereocenters. The van der Waals surface area contributed by atoms with Crippen LogP contribution in [-0.4, -0.2) is 0 Å². The van der Waals surface area contributed by atoms with Gasteiger partial charge in [0.15, 0.2) is 0 Å². The second kappa shape index (κ2) is 8.60. The summed E-state index contributed by atoms with van der Waals surface area (Å²) in [6, 6.07) is 42.0. The van der Waals surface area contributed by atoms with Crippen molar-refractivity contribution in [3.63, 3.8) is 0 Å². The van der Waals surface area contributed by atoms with E-state index in [4.69, 9.17) is 0 Å². The first-order valence-electron chi connectivity index (χ1n) is 13.7. The molecule has 0 unspecified atom stereocenters. The molecule has 0 heterocycles. The summed E-state index contributed by atoms with van der Waals surface area (Å²) in [6.45, 7) is 14.5. The summed E-state index contributed by atoms with van der Waals surface area (Å²) in [7, 11) is 0. The van der Waals surface area contributed by atoms with Gasteiger partial charge in [0.1, 0.15) is 0 Å². The zero-order valence-electron chi connectivity index (χ0n) is 23.4. The van der Waals surface area contributed by atoms with Crippen molar-refractivity contribution >= 4 is 27.8 Å². The molecule has 5 aromatic carbocycles. The van der Waals surface area contributed by atoms with E-state index < -0.39 is 0 Å². The lowest BCUT2D eigenvalue weighted by Crippen LogP contribution is -2.42. The smallest absolute Gasteiger partial charge is 0.0474 e. The Balaban J connectivity index is 1.60. The van der Waals surface area contributed by atoms with Crippen molar-refractivity contribution in [3.05, 3.63) is 126 Å². The fourth-order valence-corrected chi connectivity index (χ4v) is 6.49. The van der Waals surface area contributed by atoms with E-state index in [-0.39, 0.29) is 16.2 Å². The van der Waals surface area contributed by atoms with Crippen LogP contribution in [0.1, 0.15) is 52.7 Å². The van der Waals surface area contributed by atoms with Crippen molar-refractivity contribution in [1.82, 2.24) is 0 Å². The van der Waals surface area contributed by atoms with E-state index in [1.807, 2.05) is 0 Å². The van der Waals surface area contributed by atoms with Crippen LogP contribution in [-0.2, 0) is 10.8 Å². The molecule has 1 heteroatoms. The Bertz CT molecular complexity index is 1580. The van der Waals surface area contributed by atoms with Crippen LogP contribution in [0.15, 0.2) is 115 Å². The molecule has 0 fully saturated rings. The van der Waals surface area contributed by atoms with Crippen molar-refractivity contribution in [2.75, 3.05) is 4.90 Å². The molecule has 1 nitrogen and oxygen atoms in total. The number of rotatable bonds is 4. The molecule has 1 aliphatic carbocycles. The van der Waals surface area contributed by atoms with Gasteiger partial charge in [0.25, 0.3) is 0 Å². The fourth-order valence-electron chi connectivity index (χ4n) is 6.49. The molecule has 0 spiro atoms. The maximum Gasteiger partial charge on any atom is 0.0474 e. The van der Waals surface area contributed by atoms with Crippen LogP contribution >= 0.6 is 0 Å². The minimum absolute atomic E-state index is 0.0649. The van der Waals surface area contributed by atoms with Gasteiger partial charge in [0.2, 0.25) is 0 Å². The number of anilines is 3. The molecule has 0 bridgehead atoms. The number of hydrogen-bond acceptors (Lipinski definition) is 1. The van der Waals surface area contributed by atoms with Crippen LogP contribution in [0, 0.1) is 5.41 Å². The molecular weight excluding hydrogens is 458 g/mol. The Morgan fingerprint density at radius 2 is 1.03 bits per heavy atom. The highest BCUT2D eigenvalue weighted by Crippen LogP contribution is 2.62. The molecule has 190 valence electrons. The first kappa shape index (κ1) is 24.5. The van der Waals surface area contributed by atoms with E-state index in [1.165, 1.54) is 33.0 Å². The van der Waals surface area contributed by atoms with Crippen LogP contribution in [0.5, 0.6) is 0 Å². The first-order valence-corrected chi connectivity index (χ1v) is 13.7. The third-order valence-corrected chi connectivity index (χ3v) is 9.94. The zero-order valence-corrected chi connectivity index (χ0v) is 23.4. The largest absolute Gasteiger partial charge is 0.310 e. The normalized spacial score (nSPS) is 16.8. The first-order chi connectivity index (χ1) is 18.1. The summed E-state index contributed by atoms with van der Waals surface area (Å²) >= 11 is 0. The van der Waals surface area contributed by atoms with Gasteiger partial charge in [0, 0.05) is 17.1 Å². The van der Waals surface area contributed by atoms with Crippen LogP contribution in [0.4, 0.5) is 17.1 Å². The molecule has 1 aliphatic rings. The molecule has 0 amide bonds. The van der Waals surface area contributed by atoms with Crippen molar-refractivity contribution in [1.29, 1.82) is 0 Å². The Morgan fingerprint density at radius 3 is 1.66 bits per heavy atom. The van der Waals surface area contributed by atoms with Crippen molar-refractivity contribution in [2.45, 2.75) is 52.4 Å². The van der Waals surface area contributed by atoms with E-state index in [9.17, 15) is 0 Å². The maximum atomic E-state index is 2.48. The van der Waals surface area contributed by atoms with Crippen molar-refractivity contribution in [3.8, 4) is 11.1 Å². The Morgan fingerprint density at radius 1 is 0.474 bits per heavy atom. The lowest BCUT2D eigenvalue weighted by molar-refractivity contribution is 0.125. The number of nitrogens with zero attached hydrogens (tertiary/aromatic N) is 1. The third kappa shape index (κ3) is 3.52. The lowest BCUT2D eigenvalue weighted by atomic mass is 9.59. The second-order valence-corrected chi connectivity index (χ2v) is 12.4. The zero-order chi connectivity index (χ0) is 26.7. The molecule has 0 radical (unpaired) electrons. The number of benzene rings is 5. The van der Waals surface area contributed by atoms with Gasteiger partial charge in [-0.25, -0.2) is 0 Å². The molecule has 5 aromatic rings. The van der Waals surface area contributed by atoms with E-state index in [1.54, 1.807) is 0 Å². The molecule has 38 heavy (non-hydrogen) atoms. The average molecular weight is 496 g/mol. The highest BCUT2D eigenvalue weighted by Gasteiger charge is 2.56. The van der Waals surface area contributed by atoms with Gasteiger partial charge in [0.05, 0.1) is 0 Å². The number of fused-ring (bicyclic) bond motifs is 2. The van der Waals surface area contributed by atoms with Gasteiger partial charge in [-0.3, -0.25) is 0 Å². The quantitative estimate of drug-likeness (QED) is 0.240. The molecule has 0 aromatic heterocycles. The Kier molecular flexibility index (Phi) is 5.54. The van der Waals surface area contributed by atoms with Crippen molar-refractivity contribution in [2.24, 2.45) is 5.41 Å². The Hall–Kier alpha value is -3.84. The molecule has 0 N–H and O–H groups in total. The second-order valence-electron chi connectivity index (χ2n) is 12.4. The van der Waals surface area contributed by atoms with Gasteiger partial charge in [-0.1, -0.05) is 120 Å². The predicted octanol–water partition coefficient (Wildman–Crippen LogP) is 10.6. The predicted molar refractivity (Wildman–Crippen MR) is 164 cm³/mol. The van der Waals surface area contributed by atoms with E-state index in [0.29, 0.717) is 0 Å². The average Bonchev–Trinajstić information content (AvgIpc) is 3.03. The minimum atomic E-state index is 0.0649. The number of para-hydroxylation sites is 2. The minimum Gasteiger partial charge on any atom is -0.310 e. The van der Waals surface area contributed by atoms with E-state index in [2.05, 4.69) is 162 Å².